The molecule has 1 aliphatic rings. The van der Waals surface area contributed by atoms with Gasteiger partial charge in [-0.1, -0.05) is 30.3 Å². The fraction of sp³-hybridized carbons (Fsp3) is 0.500. The van der Waals surface area contributed by atoms with Crippen molar-refractivity contribution in [2.24, 2.45) is 5.73 Å². The largest absolute Gasteiger partial charge is 0.329 e. The first kappa shape index (κ1) is 10.1. The van der Waals surface area contributed by atoms with E-state index < -0.39 is 0 Å². The highest BCUT2D eigenvalue weighted by molar-refractivity contribution is 8.00. The average Bonchev–Trinajstić information content (AvgIpc) is 2.19. The molecule has 1 aromatic rings. The lowest BCUT2D eigenvalue weighted by Crippen LogP contribution is -2.45. The fourth-order valence-corrected chi connectivity index (χ4v) is 3.12. The molecule has 1 fully saturated rings. The Morgan fingerprint density at radius 2 is 2.00 bits per heavy atom. The van der Waals surface area contributed by atoms with Crippen molar-refractivity contribution in [2.75, 3.05) is 12.8 Å². The van der Waals surface area contributed by atoms with Crippen LogP contribution < -0.4 is 5.73 Å². The highest BCUT2D eigenvalue weighted by atomic mass is 32.2. The normalized spacial score (nSPS) is 31.1. The van der Waals surface area contributed by atoms with E-state index in [0.29, 0.717) is 4.75 Å². The zero-order valence-corrected chi connectivity index (χ0v) is 9.39. The molecule has 14 heavy (non-hydrogen) atoms. The highest BCUT2D eigenvalue weighted by Gasteiger charge is 2.42. The van der Waals surface area contributed by atoms with E-state index in [0.717, 1.165) is 12.5 Å². The minimum Gasteiger partial charge on any atom is -0.329 e. The number of hydrogen-bond acceptors (Lipinski definition) is 2. The Balaban J connectivity index is 2.01. The Bertz CT molecular complexity index is 284. The molecule has 2 heteroatoms. The Hall–Kier alpha value is -0.470. The van der Waals surface area contributed by atoms with Gasteiger partial charge >= 0.3 is 0 Å². The van der Waals surface area contributed by atoms with E-state index in [4.69, 9.17) is 5.73 Å². The van der Waals surface area contributed by atoms with Gasteiger partial charge in [0.15, 0.2) is 0 Å². The van der Waals surface area contributed by atoms with Gasteiger partial charge < -0.3 is 5.73 Å². The van der Waals surface area contributed by atoms with Crippen molar-refractivity contribution < 1.29 is 0 Å². The summed E-state index contributed by atoms with van der Waals surface area (Å²) < 4.78 is 0.376. The molecule has 0 saturated heterocycles. The Labute approximate surface area is 90.1 Å². The molecular formula is C12H17NS. The summed E-state index contributed by atoms with van der Waals surface area (Å²) >= 11 is 1.93. The molecule has 2 rings (SSSR count). The van der Waals surface area contributed by atoms with Crippen LogP contribution >= 0.6 is 11.8 Å². The summed E-state index contributed by atoms with van der Waals surface area (Å²) in [5, 5.41) is 0. The number of hydrogen-bond donors (Lipinski definition) is 1. The third kappa shape index (κ3) is 1.69. The molecule has 0 aliphatic heterocycles. The van der Waals surface area contributed by atoms with E-state index in [1.54, 1.807) is 0 Å². The van der Waals surface area contributed by atoms with Crippen molar-refractivity contribution in [1.82, 2.24) is 0 Å². The van der Waals surface area contributed by atoms with Gasteiger partial charge in [0.2, 0.25) is 0 Å². The Morgan fingerprint density at radius 1 is 1.36 bits per heavy atom. The van der Waals surface area contributed by atoms with Crippen molar-refractivity contribution in [3.8, 4) is 0 Å². The van der Waals surface area contributed by atoms with E-state index in [-0.39, 0.29) is 0 Å². The predicted molar refractivity (Wildman–Crippen MR) is 63.7 cm³/mol. The van der Waals surface area contributed by atoms with Gasteiger partial charge in [-0.25, -0.2) is 0 Å². The number of thioether (sulfide) groups is 1. The quantitative estimate of drug-likeness (QED) is 0.824. The molecule has 1 nitrogen and oxygen atoms in total. The summed E-state index contributed by atoms with van der Waals surface area (Å²) in [6, 6.07) is 10.8. The molecule has 1 saturated carbocycles. The topological polar surface area (TPSA) is 26.0 Å². The second-order valence-electron chi connectivity index (χ2n) is 4.11. The molecule has 0 atom stereocenters. The molecule has 0 heterocycles. The van der Waals surface area contributed by atoms with Crippen LogP contribution in [0.25, 0.3) is 0 Å². The van der Waals surface area contributed by atoms with Gasteiger partial charge in [0, 0.05) is 11.3 Å². The first-order chi connectivity index (χ1) is 6.79. The second kappa shape index (κ2) is 3.95. The van der Waals surface area contributed by atoms with Crippen LogP contribution in [0.3, 0.4) is 0 Å². The monoisotopic (exact) mass is 207 g/mol. The molecule has 0 aromatic heterocycles. The van der Waals surface area contributed by atoms with Gasteiger partial charge in [-0.2, -0.15) is 11.8 Å². The van der Waals surface area contributed by atoms with Gasteiger partial charge in [-0.3, -0.25) is 0 Å². The Kier molecular flexibility index (Phi) is 2.84. The SMILES string of the molecule is CSC1(CN)CC(c2ccccc2)C1. The summed E-state index contributed by atoms with van der Waals surface area (Å²) in [5.74, 6) is 0.743. The molecule has 2 N–H and O–H groups in total. The van der Waals surface area contributed by atoms with Gasteiger partial charge in [0.1, 0.15) is 0 Å². The van der Waals surface area contributed by atoms with Crippen LogP contribution in [0.15, 0.2) is 30.3 Å². The van der Waals surface area contributed by atoms with Gasteiger partial charge in [-0.15, -0.1) is 0 Å². The Morgan fingerprint density at radius 3 is 2.50 bits per heavy atom. The van der Waals surface area contributed by atoms with E-state index >= 15 is 0 Å². The first-order valence-corrected chi connectivity index (χ1v) is 6.32. The maximum Gasteiger partial charge on any atom is 0.0291 e. The summed E-state index contributed by atoms with van der Waals surface area (Å²) in [6.45, 7) is 0.817. The lowest BCUT2D eigenvalue weighted by atomic mass is 9.70. The zero-order valence-electron chi connectivity index (χ0n) is 8.57. The summed E-state index contributed by atoms with van der Waals surface area (Å²) in [6.07, 6.45) is 4.66. The average molecular weight is 207 g/mol. The summed E-state index contributed by atoms with van der Waals surface area (Å²) in [5.41, 5.74) is 7.28. The molecular weight excluding hydrogens is 190 g/mol. The molecule has 1 aromatic carbocycles. The van der Waals surface area contributed by atoms with Gasteiger partial charge in [-0.05, 0) is 30.6 Å². The second-order valence-corrected chi connectivity index (χ2v) is 5.38. The summed E-state index contributed by atoms with van der Waals surface area (Å²) in [4.78, 5) is 0. The first-order valence-electron chi connectivity index (χ1n) is 5.10. The minimum absolute atomic E-state index is 0.376. The van der Waals surface area contributed by atoms with Crippen LogP contribution in [0.5, 0.6) is 0 Å². The maximum atomic E-state index is 5.80. The van der Waals surface area contributed by atoms with Crippen molar-refractivity contribution in [3.63, 3.8) is 0 Å². The lowest BCUT2D eigenvalue weighted by molar-refractivity contribution is 0.313. The van der Waals surface area contributed by atoms with E-state index in [1.165, 1.54) is 18.4 Å². The van der Waals surface area contributed by atoms with E-state index in [2.05, 4.69) is 36.6 Å². The summed E-state index contributed by atoms with van der Waals surface area (Å²) in [7, 11) is 0. The van der Waals surface area contributed by atoms with Crippen molar-refractivity contribution in [1.29, 1.82) is 0 Å². The third-order valence-corrected chi connectivity index (χ3v) is 4.68. The molecule has 0 unspecified atom stereocenters. The van der Waals surface area contributed by atoms with Crippen LogP contribution in [0.2, 0.25) is 0 Å². The molecule has 76 valence electrons. The molecule has 0 spiro atoms. The standard InChI is InChI=1S/C12H17NS/c1-14-12(9-13)7-11(8-12)10-5-3-2-4-6-10/h2-6,11H,7-9,13H2,1H3. The predicted octanol–water partition coefficient (Wildman–Crippen LogP) is 2.62. The van der Waals surface area contributed by atoms with Crippen LogP contribution in [0.4, 0.5) is 0 Å². The number of rotatable bonds is 3. The zero-order chi connectivity index (χ0) is 10.0. The number of nitrogens with two attached hydrogens (primary N) is 1. The van der Waals surface area contributed by atoms with Gasteiger partial charge in [0.05, 0.1) is 0 Å². The smallest absolute Gasteiger partial charge is 0.0291 e. The van der Waals surface area contributed by atoms with Crippen LogP contribution in [-0.4, -0.2) is 17.5 Å². The van der Waals surface area contributed by atoms with Crippen molar-refractivity contribution in [3.05, 3.63) is 35.9 Å². The molecule has 0 radical (unpaired) electrons. The lowest BCUT2D eigenvalue weighted by Gasteiger charge is -2.46. The fourth-order valence-electron chi connectivity index (χ4n) is 2.22. The van der Waals surface area contributed by atoms with E-state index in [9.17, 15) is 0 Å². The maximum absolute atomic E-state index is 5.80. The van der Waals surface area contributed by atoms with Gasteiger partial charge in [0.25, 0.3) is 0 Å². The van der Waals surface area contributed by atoms with E-state index in [1.807, 2.05) is 11.8 Å². The van der Waals surface area contributed by atoms with Crippen LogP contribution in [0, 0.1) is 0 Å². The molecule has 1 aliphatic carbocycles. The third-order valence-electron chi connectivity index (χ3n) is 3.31. The molecule has 0 amide bonds. The van der Waals surface area contributed by atoms with Crippen LogP contribution in [-0.2, 0) is 0 Å². The highest BCUT2D eigenvalue weighted by Crippen LogP contribution is 2.51. The van der Waals surface area contributed by atoms with Crippen molar-refractivity contribution >= 4 is 11.8 Å². The van der Waals surface area contributed by atoms with Crippen LogP contribution in [0.1, 0.15) is 24.3 Å². The molecule has 0 bridgehead atoms. The minimum atomic E-state index is 0.376. The van der Waals surface area contributed by atoms with Crippen molar-refractivity contribution in [2.45, 2.75) is 23.5 Å². The number of benzene rings is 1.